The Morgan fingerprint density at radius 2 is 1.97 bits per heavy atom. The lowest BCUT2D eigenvalue weighted by Gasteiger charge is -2.05. The van der Waals surface area contributed by atoms with Crippen LogP contribution in [0.2, 0.25) is 0 Å². The van der Waals surface area contributed by atoms with Gasteiger partial charge in [0.2, 0.25) is 0 Å². The highest BCUT2D eigenvalue weighted by Gasteiger charge is 2.15. The molecule has 0 spiro atoms. The maximum atomic E-state index is 12.8. The van der Waals surface area contributed by atoms with E-state index in [4.69, 9.17) is 0 Å². The molecule has 0 saturated carbocycles. The van der Waals surface area contributed by atoms with Crippen LogP contribution >= 0.6 is 23.1 Å². The van der Waals surface area contributed by atoms with Crippen LogP contribution in [0.1, 0.15) is 29.8 Å². The van der Waals surface area contributed by atoms with Crippen LogP contribution in [-0.4, -0.2) is 36.7 Å². The summed E-state index contributed by atoms with van der Waals surface area (Å²) in [5, 5.41) is 0. The fraction of sp³-hybridized carbons (Fsp3) is 0.333. The third-order valence-electron chi connectivity index (χ3n) is 4.69. The summed E-state index contributed by atoms with van der Waals surface area (Å²) in [6, 6.07) is 12.5. The number of nitrogens with zero attached hydrogens (tertiary/aromatic N) is 2. The fourth-order valence-corrected chi connectivity index (χ4v) is 5.37. The van der Waals surface area contributed by atoms with Crippen LogP contribution in [-0.2, 0) is 22.8 Å². The summed E-state index contributed by atoms with van der Waals surface area (Å²) in [4.78, 5) is 18.0. The molecular formula is C21H24N2O3S3. The monoisotopic (exact) mass is 448 g/mol. The molecule has 3 rings (SSSR count). The van der Waals surface area contributed by atoms with E-state index in [-0.39, 0.29) is 16.2 Å². The molecule has 1 heterocycles. The van der Waals surface area contributed by atoms with E-state index in [0.29, 0.717) is 4.80 Å². The third-order valence-corrected chi connectivity index (χ3v) is 8.06. The highest BCUT2D eigenvalue weighted by atomic mass is 32.2. The molecule has 8 heteroatoms. The molecule has 0 saturated heterocycles. The second kappa shape index (κ2) is 9.28. The Hall–Kier alpha value is -1.90. The third kappa shape index (κ3) is 4.82. The summed E-state index contributed by atoms with van der Waals surface area (Å²) in [5.74, 6) is 0.470. The van der Waals surface area contributed by atoms with Crippen molar-refractivity contribution in [2.45, 2.75) is 31.7 Å². The average molecular weight is 449 g/mol. The molecule has 1 amide bonds. The maximum absolute atomic E-state index is 12.8. The average Bonchev–Trinajstić information content (AvgIpc) is 3.08. The van der Waals surface area contributed by atoms with Gasteiger partial charge in [-0.15, -0.1) is 0 Å². The lowest BCUT2D eigenvalue weighted by atomic mass is 10.2. The Labute approximate surface area is 179 Å². The summed E-state index contributed by atoms with van der Waals surface area (Å²) in [6.07, 6.45) is 2.99. The molecule has 29 heavy (non-hydrogen) atoms. The fourth-order valence-electron chi connectivity index (χ4n) is 2.96. The largest absolute Gasteiger partial charge is 0.316 e. The van der Waals surface area contributed by atoms with E-state index >= 15 is 0 Å². The second-order valence-electron chi connectivity index (χ2n) is 6.53. The molecule has 0 aliphatic carbocycles. The van der Waals surface area contributed by atoms with Crippen LogP contribution in [0.15, 0.2) is 52.4 Å². The molecule has 1 aromatic heterocycles. The highest BCUT2D eigenvalue weighted by Crippen LogP contribution is 2.20. The van der Waals surface area contributed by atoms with Crippen molar-refractivity contribution in [1.82, 2.24) is 4.57 Å². The Morgan fingerprint density at radius 1 is 1.17 bits per heavy atom. The number of rotatable bonds is 7. The van der Waals surface area contributed by atoms with E-state index in [9.17, 15) is 13.2 Å². The number of sulfone groups is 1. The van der Waals surface area contributed by atoms with Crippen LogP contribution in [0.4, 0.5) is 0 Å². The number of benzene rings is 2. The highest BCUT2D eigenvalue weighted by molar-refractivity contribution is 7.98. The van der Waals surface area contributed by atoms with Gasteiger partial charge >= 0.3 is 0 Å². The van der Waals surface area contributed by atoms with E-state index in [0.717, 1.165) is 28.9 Å². The predicted molar refractivity (Wildman–Crippen MR) is 122 cm³/mol. The molecule has 0 bridgehead atoms. The molecule has 0 atom stereocenters. The number of hydrogen-bond donors (Lipinski definition) is 0. The topological polar surface area (TPSA) is 68.5 Å². The zero-order valence-corrected chi connectivity index (χ0v) is 19.2. The number of aryl methyl sites for hydroxylation is 2. The number of amides is 1. The normalized spacial score (nSPS) is 12.6. The molecule has 3 aromatic rings. The van der Waals surface area contributed by atoms with E-state index < -0.39 is 15.7 Å². The first-order valence-electron chi connectivity index (χ1n) is 9.42. The van der Waals surface area contributed by atoms with Crippen molar-refractivity contribution in [2.24, 2.45) is 4.99 Å². The molecular weight excluding hydrogens is 424 g/mol. The minimum Gasteiger partial charge on any atom is -0.316 e. The van der Waals surface area contributed by atoms with Crippen molar-refractivity contribution in [2.75, 3.05) is 17.8 Å². The zero-order chi connectivity index (χ0) is 21.0. The van der Waals surface area contributed by atoms with Crippen molar-refractivity contribution >= 4 is 49.1 Å². The van der Waals surface area contributed by atoms with E-state index in [1.54, 1.807) is 30.8 Å². The smallest absolute Gasteiger partial charge is 0.279 e. The number of carbonyl (C=O) groups excluding carboxylic acids is 1. The molecule has 0 aliphatic heterocycles. The van der Waals surface area contributed by atoms with Crippen LogP contribution in [0, 0.1) is 0 Å². The number of carbonyl (C=O) groups is 1. The van der Waals surface area contributed by atoms with Gasteiger partial charge in [0.25, 0.3) is 5.91 Å². The number of thiazole rings is 1. The molecule has 0 aliphatic rings. The quantitative estimate of drug-likeness (QED) is 0.544. The number of aromatic nitrogens is 1. The van der Waals surface area contributed by atoms with Crippen LogP contribution in [0.5, 0.6) is 0 Å². The van der Waals surface area contributed by atoms with Crippen molar-refractivity contribution in [1.29, 1.82) is 0 Å². The van der Waals surface area contributed by atoms with Crippen LogP contribution < -0.4 is 4.80 Å². The second-order valence-corrected chi connectivity index (χ2v) is 10.8. The van der Waals surface area contributed by atoms with Gasteiger partial charge < -0.3 is 4.57 Å². The van der Waals surface area contributed by atoms with Gasteiger partial charge in [-0.25, -0.2) is 8.42 Å². The van der Waals surface area contributed by atoms with Gasteiger partial charge in [0.1, 0.15) is 0 Å². The maximum Gasteiger partial charge on any atom is 0.279 e. The number of hydrogen-bond acceptors (Lipinski definition) is 5. The lowest BCUT2D eigenvalue weighted by molar-refractivity contribution is 0.0997. The van der Waals surface area contributed by atoms with Gasteiger partial charge in [-0.05, 0) is 48.6 Å². The standard InChI is InChI=1S/C21H24N2O3S3/c1-4-15-9-10-18-19(13-15)28-21(23(18)11-12-27-3)22-20(24)16-7-6-8-17(14-16)29(25,26)5-2/h6-10,13-14H,4-5,11-12H2,1-3H3. The SMILES string of the molecule is CCc1ccc2c(c1)sc(=NC(=O)c1cccc(S(=O)(=O)CC)c1)n2CCSC. The summed E-state index contributed by atoms with van der Waals surface area (Å²) < 4.78 is 27.4. The predicted octanol–water partition coefficient (Wildman–Crippen LogP) is 4.16. The Bertz CT molecular complexity index is 1210. The summed E-state index contributed by atoms with van der Waals surface area (Å²) in [6.45, 7) is 4.45. The van der Waals surface area contributed by atoms with Gasteiger partial charge in [-0.1, -0.05) is 37.3 Å². The number of thioether (sulfide) groups is 1. The van der Waals surface area contributed by atoms with E-state index in [1.807, 2.05) is 6.26 Å². The molecule has 2 aromatic carbocycles. The number of fused-ring (bicyclic) bond motifs is 1. The first-order valence-corrected chi connectivity index (χ1v) is 13.3. The molecule has 5 nitrogen and oxygen atoms in total. The van der Waals surface area contributed by atoms with E-state index in [1.165, 1.54) is 29.0 Å². The summed E-state index contributed by atoms with van der Waals surface area (Å²) in [7, 11) is -3.37. The van der Waals surface area contributed by atoms with Gasteiger partial charge in [-0.2, -0.15) is 16.8 Å². The molecule has 0 fully saturated rings. The minimum atomic E-state index is -3.37. The molecule has 154 valence electrons. The Morgan fingerprint density at radius 3 is 2.66 bits per heavy atom. The molecule has 0 unspecified atom stereocenters. The first kappa shape index (κ1) is 21.8. The van der Waals surface area contributed by atoms with Gasteiger partial charge in [0.15, 0.2) is 14.6 Å². The Kier molecular flexibility index (Phi) is 6.97. The van der Waals surface area contributed by atoms with Crippen LogP contribution in [0.25, 0.3) is 10.2 Å². The molecule has 0 radical (unpaired) electrons. The van der Waals surface area contributed by atoms with Gasteiger partial charge in [-0.3, -0.25) is 4.79 Å². The van der Waals surface area contributed by atoms with Crippen molar-refractivity contribution in [3.05, 3.63) is 58.4 Å². The van der Waals surface area contributed by atoms with Gasteiger partial charge in [0, 0.05) is 17.9 Å². The minimum absolute atomic E-state index is 0.00739. The Balaban J connectivity index is 2.09. The first-order chi connectivity index (χ1) is 13.9. The van der Waals surface area contributed by atoms with E-state index in [2.05, 4.69) is 34.7 Å². The summed E-state index contributed by atoms with van der Waals surface area (Å²) in [5.41, 5.74) is 2.59. The van der Waals surface area contributed by atoms with Crippen molar-refractivity contribution in [3.63, 3.8) is 0 Å². The lowest BCUT2D eigenvalue weighted by Crippen LogP contribution is -2.18. The zero-order valence-electron chi connectivity index (χ0n) is 16.7. The van der Waals surface area contributed by atoms with Gasteiger partial charge in [0.05, 0.1) is 20.9 Å². The van der Waals surface area contributed by atoms with Crippen molar-refractivity contribution < 1.29 is 13.2 Å². The van der Waals surface area contributed by atoms with Crippen LogP contribution in [0.3, 0.4) is 0 Å². The molecule has 0 N–H and O–H groups in total. The van der Waals surface area contributed by atoms with Crippen molar-refractivity contribution in [3.8, 4) is 0 Å². The summed E-state index contributed by atoms with van der Waals surface area (Å²) >= 11 is 3.23.